The molecule has 0 saturated heterocycles. The van der Waals surface area contributed by atoms with Crippen molar-refractivity contribution in [3.8, 4) is 0 Å². The quantitative estimate of drug-likeness (QED) is 0.501. The number of nitrogens with zero attached hydrogens (tertiary/aromatic N) is 2. The Bertz CT molecular complexity index is 950. The molecule has 0 aromatic heterocycles. The van der Waals surface area contributed by atoms with Gasteiger partial charge >= 0.3 is 0 Å². The van der Waals surface area contributed by atoms with Gasteiger partial charge in [-0.05, 0) is 81.6 Å². The summed E-state index contributed by atoms with van der Waals surface area (Å²) < 4.78 is 0. The number of hydrogen-bond donors (Lipinski definition) is 0. The molecule has 148 valence electrons. The van der Waals surface area contributed by atoms with E-state index in [1.165, 1.54) is 27.7 Å². The first-order chi connectivity index (χ1) is 13.1. The molecule has 2 heteroatoms. The van der Waals surface area contributed by atoms with E-state index in [1.807, 2.05) is 0 Å². The first-order valence-electron chi connectivity index (χ1n) is 10.1. The fraction of sp³-hybridized carbons (Fsp3) is 0.385. The second-order valence-electron chi connectivity index (χ2n) is 9.48. The molecule has 0 aliphatic heterocycles. The summed E-state index contributed by atoms with van der Waals surface area (Å²) in [7, 11) is 4.38. The van der Waals surface area contributed by atoms with Gasteiger partial charge in [-0.15, -0.1) is 0 Å². The lowest BCUT2D eigenvalue weighted by Crippen LogP contribution is -2.43. The van der Waals surface area contributed by atoms with Crippen molar-refractivity contribution in [3.05, 3.63) is 72.3 Å². The molecule has 0 aliphatic rings. The molecule has 0 saturated carbocycles. The molecule has 0 unspecified atom stereocenters. The highest BCUT2D eigenvalue weighted by Crippen LogP contribution is 2.30. The summed E-state index contributed by atoms with van der Waals surface area (Å²) in [6, 6.07) is 24.3. The molecule has 0 spiro atoms. The molecule has 0 heterocycles. The van der Waals surface area contributed by atoms with Gasteiger partial charge in [-0.2, -0.15) is 0 Å². The lowest BCUT2D eigenvalue weighted by Gasteiger charge is -2.38. The minimum atomic E-state index is 0.00137. The fourth-order valence-electron chi connectivity index (χ4n) is 3.62. The molecule has 2 nitrogen and oxygen atoms in total. The number of likely N-dealkylation sites (N-methyl/N-ethyl adjacent to an activating group) is 1. The Labute approximate surface area is 170 Å². The molecule has 3 aromatic carbocycles. The molecule has 0 radical (unpaired) electrons. The van der Waals surface area contributed by atoms with E-state index in [2.05, 4.69) is 125 Å². The average molecular weight is 375 g/mol. The molecular weight excluding hydrogens is 340 g/mol. The van der Waals surface area contributed by atoms with Gasteiger partial charge in [-0.25, -0.2) is 0 Å². The van der Waals surface area contributed by atoms with Crippen molar-refractivity contribution in [3.63, 3.8) is 0 Å². The SMILES string of the molecule is CN(c1cccc(CC(C)(C)N(C)c2ccc3ccccc3c2)c1)C(C)(C)C. The van der Waals surface area contributed by atoms with Crippen LogP contribution in [0.5, 0.6) is 0 Å². The molecule has 0 atom stereocenters. The Morgan fingerprint density at radius 2 is 1.29 bits per heavy atom. The summed E-state index contributed by atoms with van der Waals surface area (Å²) in [5, 5.41) is 2.58. The number of anilines is 2. The molecule has 0 bridgehead atoms. The van der Waals surface area contributed by atoms with Crippen LogP contribution in [0.4, 0.5) is 11.4 Å². The maximum Gasteiger partial charge on any atom is 0.0383 e. The average Bonchev–Trinajstić information content (AvgIpc) is 2.65. The van der Waals surface area contributed by atoms with Gasteiger partial charge in [-0.3, -0.25) is 0 Å². The Balaban J connectivity index is 1.84. The maximum absolute atomic E-state index is 2.40. The molecule has 3 aromatic rings. The largest absolute Gasteiger partial charge is 0.370 e. The van der Waals surface area contributed by atoms with Gasteiger partial charge in [0, 0.05) is 36.5 Å². The third-order valence-corrected chi connectivity index (χ3v) is 5.97. The second-order valence-corrected chi connectivity index (χ2v) is 9.48. The predicted octanol–water partition coefficient (Wildman–Crippen LogP) is 6.53. The van der Waals surface area contributed by atoms with Crippen molar-refractivity contribution in [1.29, 1.82) is 0 Å². The molecular formula is C26H34N2. The van der Waals surface area contributed by atoms with Crippen molar-refractivity contribution >= 4 is 22.1 Å². The summed E-state index contributed by atoms with van der Waals surface area (Å²) in [6.07, 6.45) is 0.988. The van der Waals surface area contributed by atoms with Crippen LogP contribution >= 0.6 is 0 Å². The summed E-state index contributed by atoms with van der Waals surface area (Å²) >= 11 is 0. The third-order valence-electron chi connectivity index (χ3n) is 5.97. The van der Waals surface area contributed by atoms with Gasteiger partial charge in [0.15, 0.2) is 0 Å². The van der Waals surface area contributed by atoms with E-state index in [-0.39, 0.29) is 11.1 Å². The van der Waals surface area contributed by atoms with E-state index in [9.17, 15) is 0 Å². The van der Waals surface area contributed by atoms with Crippen LogP contribution in [-0.2, 0) is 6.42 Å². The van der Waals surface area contributed by atoms with Crippen LogP contribution in [0.15, 0.2) is 66.7 Å². The van der Waals surface area contributed by atoms with E-state index in [0.29, 0.717) is 0 Å². The van der Waals surface area contributed by atoms with Crippen molar-refractivity contribution in [2.75, 3.05) is 23.9 Å². The van der Waals surface area contributed by atoms with Crippen LogP contribution in [0.2, 0.25) is 0 Å². The Hall–Kier alpha value is -2.48. The minimum absolute atomic E-state index is 0.00137. The normalized spacial score (nSPS) is 12.2. The van der Waals surface area contributed by atoms with E-state index in [1.54, 1.807) is 0 Å². The summed E-state index contributed by atoms with van der Waals surface area (Å²) in [5.74, 6) is 0. The summed E-state index contributed by atoms with van der Waals surface area (Å²) in [6.45, 7) is 11.4. The van der Waals surface area contributed by atoms with Gasteiger partial charge in [-0.1, -0.05) is 42.5 Å². The van der Waals surface area contributed by atoms with Crippen molar-refractivity contribution < 1.29 is 0 Å². The van der Waals surface area contributed by atoms with E-state index < -0.39 is 0 Å². The Morgan fingerprint density at radius 3 is 1.96 bits per heavy atom. The monoisotopic (exact) mass is 374 g/mol. The zero-order chi connectivity index (χ0) is 20.5. The van der Waals surface area contributed by atoms with Gasteiger partial charge in [0.2, 0.25) is 0 Å². The molecule has 0 N–H and O–H groups in total. The predicted molar refractivity (Wildman–Crippen MR) is 125 cm³/mol. The topological polar surface area (TPSA) is 6.48 Å². The first kappa shape index (κ1) is 20.3. The highest BCUT2D eigenvalue weighted by molar-refractivity contribution is 5.86. The Kier molecular flexibility index (Phi) is 5.43. The Morgan fingerprint density at radius 1 is 0.643 bits per heavy atom. The molecule has 0 amide bonds. The number of rotatable bonds is 5. The van der Waals surface area contributed by atoms with Crippen LogP contribution in [0.25, 0.3) is 10.8 Å². The number of benzene rings is 3. The standard InChI is InChI=1S/C26H34N2/c1-25(2,3)27(6)23-14-10-11-20(17-23)19-26(4,5)28(7)24-16-15-21-12-8-9-13-22(21)18-24/h8-18H,19H2,1-7H3. The van der Waals surface area contributed by atoms with Gasteiger partial charge in [0.25, 0.3) is 0 Å². The van der Waals surface area contributed by atoms with E-state index in [0.717, 1.165) is 6.42 Å². The number of hydrogen-bond acceptors (Lipinski definition) is 2. The van der Waals surface area contributed by atoms with Gasteiger partial charge in [0.05, 0.1) is 0 Å². The number of fused-ring (bicyclic) bond motifs is 1. The highest BCUT2D eigenvalue weighted by atomic mass is 15.2. The maximum atomic E-state index is 2.40. The molecule has 3 rings (SSSR count). The van der Waals surface area contributed by atoms with Crippen molar-refractivity contribution in [2.24, 2.45) is 0 Å². The van der Waals surface area contributed by atoms with Crippen LogP contribution in [-0.4, -0.2) is 25.2 Å². The molecule has 28 heavy (non-hydrogen) atoms. The van der Waals surface area contributed by atoms with Crippen molar-refractivity contribution in [2.45, 2.75) is 52.1 Å². The van der Waals surface area contributed by atoms with Crippen molar-refractivity contribution in [1.82, 2.24) is 0 Å². The van der Waals surface area contributed by atoms with Crippen LogP contribution in [0, 0.1) is 0 Å². The molecule has 0 fully saturated rings. The minimum Gasteiger partial charge on any atom is -0.370 e. The summed E-state index contributed by atoms with van der Waals surface area (Å²) in [4.78, 5) is 4.75. The molecule has 0 aliphatic carbocycles. The van der Waals surface area contributed by atoms with Crippen LogP contribution in [0.1, 0.15) is 40.2 Å². The van der Waals surface area contributed by atoms with E-state index >= 15 is 0 Å². The summed E-state index contributed by atoms with van der Waals surface area (Å²) in [5.41, 5.74) is 4.00. The second kappa shape index (κ2) is 7.50. The zero-order valence-electron chi connectivity index (χ0n) is 18.5. The van der Waals surface area contributed by atoms with Crippen LogP contribution in [0.3, 0.4) is 0 Å². The van der Waals surface area contributed by atoms with Crippen LogP contribution < -0.4 is 9.80 Å². The smallest absolute Gasteiger partial charge is 0.0383 e. The zero-order valence-corrected chi connectivity index (χ0v) is 18.5. The fourth-order valence-corrected chi connectivity index (χ4v) is 3.62. The van der Waals surface area contributed by atoms with Gasteiger partial charge in [0.1, 0.15) is 0 Å². The highest BCUT2D eigenvalue weighted by Gasteiger charge is 2.25. The third kappa shape index (κ3) is 4.32. The first-order valence-corrected chi connectivity index (χ1v) is 10.1. The lowest BCUT2D eigenvalue weighted by atomic mass is 9.92. The van der Waals surface area contributed by atoms with Gasteiger partial charge < -0.3 is 9.80 Å². The lowest BCUT2D eigenvalue weighted by molar-refractivity contribution is 0.484. The van der Waals surface area contributed by atoms with E-state index in [4.69, 9.17) is 0 Å².